The van der Waals surface area contributed by atoms with Crippen LogP contribution in [0.2, 0.25) is 5.15 Å². The largest absolute Gasteiger partial charge is 0.232 e. The maximum Gasteiger partial charge on any atom is 0.136 e. The summed E-state index contributed by atoms with van der Waals surface area (Å²) in [7, 11) is 0. The van der Waals surface area contributed by atoms with Crippen molar-refractivity contribution >= 4 is 11.6 Å². The molecule has 1 saturated carbocycles. The van der Waals surface area contributed by atoms with E-state index < -0.39 is 0 Å². The van der Waals surface area contributed by atoms with Gasteiger partial charge >= 0.3 is 0 Å². The first-order valence-electron chi connectivity index (χ1n) is 7.71. The molecule has 3 rings (SSSR count). The molecule has 1 aliphatic rings. The van der Waals surface area contributed by atoms with Crippen molar-refractivity contribution in [2.45, 2.75) is 51.9 Å². The summed E-state index contributed by atoms with van der Waals surface area (Å²) >= 11 is 6.34. The molecule has 1 aromatic heterocycles. The van der Waals surface area contributed by atoms with E-state index in [9.17, 15) is 0 Å². The first kappa shape index (κ1) is 14.5. The molecule has 3 heteroatoms. The van der Waals surface area contributed by atoms with Gasteiger partial charge in [0.2, 0.25) is 0 Å². The lowest BCUT2D eigenvalue weighted by atomic mass is 9.77. The van der Waals surface area contributed by atoms with Crippen molar-refractivity contribution in [2.75, 3.05) is 0 Å². The molecule has 2 nitrogen and oxygen atoms in total. The summed E-state index contributed by atoms with van der Waals surface area (Å²) in [5.74, 6) is 1.78. The molecule has 0 aliphatic heterocycles. The van der Waals surface area contributed by atoms with Crippen molar-refractivity contribution in [3.05, 3.63) is 46.4 Å². The van der Waals surface area contributed by atoms with Crippen LogP contribution >= 0.6 is 11.6 Å². The molecule has 0 unspecified atom stereocenters. The van der Waals surface area contributed by atoms with Crippen LogP contribution in [-0.2, 0) is 0 Å². The van der Waals surface area contributed by atoms with Crippen LogP contribution in [0.3, 0.4) is 0 Å². The van der Waals surface area contributed by atoms with Crippen molar-refractivity contribution in [1.29, 1.82) is 0 Å². The molecule has 0 radical (unpaired) electrons. The molecule has 0 bridgehead atoms. The predicted molar refractivity (Wildman–Crippen MR) is 87.9 cm³/mol. The van der Waals surface area contributed by atoms with Crippen LogP contribution in [0.1, 0.15) is 61.9 Å². The number of aromatic nitrogens is 2. The standard InChI is InChI=1S/C18H21ClN2/c1-11(2)18-20-16(12(3)17(19)21-18)15-10-5-4-9-14(15)13-7-6-8-13/h4-5,9-11,13H,6-8H2,1-3H3. The highest BCUT2D eigenvalue weighted by atomic mass is 35.5. The fraction of sp³-hybridized carbons (Fsp3) is 0.444. The summed E-state index contributed by atoms with van der Waals surface area (Å²) in [4.78, 5) is 9.23. The van der Waals surface area contributed by atoms with E-state index in [-0.39, 0.29) is 5.92 Å². The Morgan fingerprint density at radius 1 is 1.14 bits per heavy atom. The molecular weight excluding hydrogens is 280 g/mol. The highest BCUT2D eigenvalue weighted by Gasteiger charge is 2.24. The van der Waals surface area contributed by atoms with Gasteiger partial charge in [-0.2, -0.15) is 0 Å². The molecule has 0 saturated heterocycles. The van der Waals surface area contributed by atoms with Gasteiger partial charge in [-0.25, -0.2) is 9.97 Å². The topological polar surface area (TPSA) is 25.8 Å². The zero-order valence-electron chi connectivity index (χ0n) is 12.9. The number of hydrogen-bond acceptors (Lipinski definition) is 2. The summed E-state index contributed by atoms with van der Waals surface area (Å²) in [6.45, 7) is 6.21. The highest BCUT2D eigenvalue weighted by molar-refractivity contribution is 6.30. The van der Waals surface area contributed by atoms with Crippen LogP contribution in [0.15, 0.2) is 24.3 Å². The number of halogens is 1. The third-order valence-corrected chi connectivity index (χ3v) is 4.75. The second-order valence-corrected chi connectivity index (χ2v) is 6.57. The molecule has 0 atom stereocenters. The molecule has 21 heavy (non-hydrogen) atoms. The molecule has 0 spiro atoms. The molecule has 1 fully saturated rings. The van der Waals surface area contributed by atoms with Gasteiger partial charge < -0.3 is 0 Å². The van der Waals surface area contributed by atoms with Gasteiger partial charge in [0.1, 0.15) is 11.0 Å². The second kappa shape index (κ2) is 5.76. The maximum absolute atomic E-state index is 6.34. The first-order valence-corrected chi connectivity index (χ1v) is 8.09. The van der Waals surface area contributed by atoms with Gasteiger partial charge in [0, 0.05) is 17.0 Å². The molecule has 2 aromatic rings. The van der Waals surface area contributed by atoms with Crippen LogP contribution in [0.4, 0.5) is 0 Å². The van der Waals surface area contributed by atoms with Gasteiger partial charge in [-0.3, -0.25) is 0 Å². The third-order valence-electron chi connectivity index (χ3n) is 4.38. The SMILES string of the molecule is Cc1c(Cl)nc(C(C)C)nc1-c1ccccc1C1CCC1. The Labute approximate surface area is 131 Å². The lowest BCUT2D eigenvalue weighted by Gasteiger charge is -2.28. The van der Waals surface area contributed by atoms with E-state index in [0.29, 0.717) is 11.1 Å². The van der Waals surface area contributed by atoms with Gasteiger partial charge in [-0.1, -0.05) is 56.1 Å². The Morgan fingerprint density at radius 3 is 2.48 bits per heavy atom. The highest BCUT2D eigenvalue weighted by Crippen LogP contribution is 2.41. The molecular formula is C18H21ClN2. The van der Waals surface area contributed by atoms with Gasteiger partial charge in [0.05, 0.1) is 5.69 Å². The summed E-state index contributed by atoms with van der Waals surface area (Å²) in [6.07, 6.45) is 3.90. The Kier molecular flexibility index (Phi) is 3.99. The molecule has 1 heterocycles. The Balaban J connectivity index is 2.16. The fourth-order valence-corrected chi connectivity index (χ4v) is 2.99. The smallest absolute Gasteiger partial charge is 0.136 e. The Morgan fingerprint density at radius 2 is 1.86 bits per heavy atom. The molecule has 1 aliphatic carbocycles. The summed E-state index contributed by atoms with van der Waals surface area (Å²) in [5, 5.41) is 0.576. The van der Waals surface area contributed by atoms with Crippen LogP contribution in [0.5, 0.6) is 0 Å². The first-order chi connectivity index (χ1) is 10.1. The Bertz CT molecular complexity index is 660. The van der Waals surface area contributed by atoms with Crippen LogP contribution in [-0.4, -0.2) is 9.97 Å². The van der Waals surface area contributed by atoms with Crippen LogP contribution in [0.25, 0.3) is 11.3 Å². The average molecular weight is 301 g/mol. The zero-order chi connectivity index (χ0) is 15.0. The number of hydrogen-bond donors (Lipinski definition) is 0. The van der Waals surface area contributed by atoms with E-state index in [0.717, 1.165) is 17.1 Å². The van der Waals surface area contributed by atoms with Gasteiger partial charge in [-0.05, 0) is 31.2 Å². The number of benzene rings is 1. The average Bonchev–Trinajstić information content (AvgIpc) is 2.40. The maximum atomic E-state index is 6.34. The van der Waals surface area contributed by atoms with Crippen molar-refractivity contribution in [3.8, 4) is 11.3 Å². The van der Waals surface area contributed by atoms with E-state index in [4.69, 9.17) is 16.6 Å². The minimum Gasteiger partial charge on any atom is -0.232 e. The zero-order valence-corrected chi connectivity index (χ0v) is 13.6. The van der Waals surface area contributed by atoms with E-state index in [1.807, 2.05) is 6.92 Å². The minimum atomic E-state index is 0.276. The summed E-state index contributed by atoms with van der Waals surface area (Å²) in [6, 6.07) is 8.62. The molecule has 0 N–H and O–H groups in total. The predicted octanol–water partition coefficient (Wildman–Crippen LogP) is 5.50. The van der Waals surface area contributed by atoms with E-state index in [1.54, 1.807) is 0 Å². The quantitative estimate of drug-likeness (QED) is 0.700. The fourth-order valence-electron chi connectivity index (χ4n) is 2.81. The van der Waals surface area contributed by atoms with Crippen LogP contribution < -0.4 is 0 Å². The normalized spacial score (nSPS) is 15.3. The lowest BCUT2D eigenvalue weighted by Crippen LogP contribution is -2.11. The van der Waals surface area contributed by atoms with E-state index >= 15 is 0 Å². The van der Waals surface area contributed by atoms with E-state index in [2.05, 4.69) is 43.1 Å². The summed E-state index contributed by atoms with van der Waals surface area (Å²) < 4.78 is 0. The van der Waals surface area contributed by atoms with Crippen LogP contribution in [0, 0.1) is 6.92 Å². The molecule has 110 valence electrons. The van der Waals surface area contributed by atoms with Gasteiger partial charge in [-0.15, -0.1) is 0 Å². The van der Waals surface area contributed by atoms with Crippen molar-refractivity contribution in [2.24, 2.45) is 0 Å². The van der Waals surface area contributed by atoms with Crippen molar-refractivity contribution in [1.82, 2.24) is 9.97 Å². The monoisotopic (exact) mass is 300 g/mol. The summed E-state index contributed by atoms with van der Waals surface area (Å²) in [5.41, 5.74) is 4.62. The van der Waals surface area contributed by atoms with Crippen molar-refractivity contribution < 1.29 is 0 Å². The molecule has 1 aromatic carbocycles. The van der Waals surface area contributed by atoms with Gasteiger partial charge in [0.25, 0.3) is 0 Å². The Hall–Kier alpha value is -1.41. The van der Waals surface area contributed by atoms with E-state index in [1.165, 1.54) is 30.4 Å². The number of nitrogens with zero attached hydrogens (tertiary/aromatic N) is 2. The third kappa shape index (κ3) is 2.69. The second-order valence-electron chi connectivity index (χ2n) is 6.22. The van der Waals surface area contributed by atoms with Crippen molar-refractivity contribution in [3.63, 3.8) is 0 Å². The lowest BCUT2D eigenvalue weighted by molar-refractivity contribution is 0.420. The molecule has 0 amide bonds. The number of rotatable bonds is 3. The van der Waals surface area contributed by atoms with Gasteiger partial charge in [0.15, 0.2) is 0 Å². The minimum absolute atomic E-state index is 0.276.